The summed E-state index contributed by atoms with van der Waals surface area (Å²) in [5.41, 5.74) is -0.442. The van der Waals surface area contributed by atoms with E-state index in [1.165, 1.54) is 0 Å². The number of urea groups is 1. The molecule has 1 fully saturated rings. The number of amides is 2. The molecule has 108 valence electrons. The topological polar surface area (TPSA) is 78.4 Å². The summed E-state index contributed by atoms with van der Waals surface area (Å²) in [5.74, 6) is -0.988. The van der Waals surface area contributed by atoms with Crippen LogP contribution in [0.2, 0.25) is 0 Å². The van der Waals surface area contributed by atoms with E-state index in [1.807, 2.05) is 30.3 Å². The predicted octanol–water partition coefficient (Wildman–Crippen LogP) is 3.34. The van der Waals surface area contributed by atoms with Gasteiger partial charge in [0, 0.05) is 9.86 Å². The molecule has 0 radical (unpaired) electrons. The third-order valence-electron chi connectivity index (χ3n) is 3.63. The van der Waals surface area contributed by atoms with Crippen molar-refractivity contribution in [2.24, 2.45) is 0 Å². The number of fused-ring (bicyclic) bond motifs is 1. The number of anilines is 1. The van der Waals surface area contributed by atoms with E-state index in [1.54, 1.807) is 6.07 Å². The number of rotatable bonds is 3. The van der Waals surface area contributed by atoms with Gasteiger partial charge in [0.05, 0.1) is 5.69 Å². The van der Waals surface area contributed by atoms with Crippen molar-refractivity contribution in [1.82, 2.24) is 5.32 Å². The number of nitrogens with one attached hydrogen (secondary N) is 2. The number of carboxylic acid groups (broad SMARTS) is 1. The maximum Gasteiger partial charge on any atom is 0.329 e. The minimum absolute atomic E-state index is 0.469. The molecule has 1 aliphatic rings. The molecule has 3 N–H and O–H groups in total. The van der Waals surface area contributed by atoms with Gasteiger partial charge in [-0.1, -0.05) is 40.2 Å². The molecule has 0 aliphatic heterocycles. The van der Waals surface area contributed by atoms with Crippen LogP contribution in [0.3, 0.4) is 0 Å². The smallest absolute Gasteiger partial charge is 0.329 e. The molecular weight excluding hydrogens is 336 g/mol. The summed E-state index contributed by atoms with van der Waals surface area (Å²) in [6.45, 7) is 0. The molecule has 2 aromatic carbocycles. The maximum absolute atomic E-state index is 12.0. The van der Waals surface area contributed by atoms with Crippen LogP contribution in [0.1, 0.15) is 12.8 Å². The summed E-state index contributed by atoms with van der Waals surface area (Å²) in [7, 11) is 0. The lowest BCUT2D eigenvalue weighted by Gasteiger charge is -2.15. The second-order valence-electron chi connectivity index (χ2n) is 5.11. The fourth-order valence-corrected chi connectivity index (χ4v) is 2.74. The van der Waals surface area contributed by atoms with Gasteiger partial charge in [-0.05, 0) is 30.4 Å². The van der Waals surface area contributed by atoms with E-state index in [0.29, 0.717) is 18.5 Å². The minimum Gasteiger partial charge on any atom is -0.480 e. The van der Waals surface area contributed by atoms with Gasteiger partial charge in [-0.25, -0.2) is 9.59 Å². The van der Waals surface area contributed by atoms with E-state index in [9.17, 15) is 9.59 Å². The quantitative estimate of drug-likeness (QED) is 0.795. The Bertz CT molecular complexity index is 741. The Morgan fingerprint density at radius 2 is 1.76 bits per heavy atom. The fourth-order valence-electron chi connectivity index (χ4n) is 2.26. The molecule has 1 aliphatic carbocycles. The lowest BCUT2D eigenvalue weighted by Crippen LogP contribution is -2.45. The Morgan fingerprint density at radius 1 is 1.10 bits per heavy atom. The highest BCUT2D eigenvalue weighted by Gasteiger charge is 2.51. The molecule has 0 heterocycles. The van der Waals surface area contributed by atoms with Crippen molar-refractivity contribution in [3.63, 3.8) is 0 Å². The maximum atomic E-state index is 12.0. The molecule has 0 aromatic heterocycles. The highest BCUT2D eigenvalue weighted by atomic mass is 79.9. The highest BCUT2D eigenvalue weighted by Crippen LogP contribution is 2.36. The molecule has 0 unspecified atom stereocenters. The van der Waals surface area contributed by atoms with Gasteiger partial charge in [-0.2, -0.15) is 0 Å². The zero-order valence-corrected chi connectivity index (χ0v) is 12.6. The average Bonchev–Trinajstić information content (AvgIpc) is 3.23. The largest absolute Gasteiger partial charge is 0.480 e. The van der Waals surface area contributed by atoms with Crippen LogP contribution >= 0.6 is 15.9 Å². The number of hydrogen-bond acceptors (Lipinski definition) is 2. The van der Waals surface area contributed by atoms with Crippen LogP contribution < -0.4 is 10.6 Å². The molecule has 0 bridgehead atoms. The SMILES string of the molecule is O=C(Nc1ccc(Br)c2ccccc12)NC1(C(=O)O)CC1. The van der Waals surface area contributed by atoms with Crippen LogP contribution in [0, 0.1) is 0 Å². The van der Waals surface area contributed by atoms with E-state index in [0.717, 1.165) is 15.2 Å². The van der Waals surface area contributed by atoms with Gasteiger partial charge in [0.25, 0.3) is 0 Å². The van der Waals surface area contributed by atoms with E-state index in [-0.39, 0.29) is 0 Å². The zero-order chi connectivity index (χ0) is 15.0. The van der Waals surface area contributed by atoms with Gasteiger partial charge in [-0.15, -0.1) is 0 Å². The number of carbonyl (C=O) groups excluding carboxylic acids is 1. The first-order valence-electron chi connectivity index (χ1n) is 6.52. The molecule has 2 aromatic rings. The third-order valence-corrected chi connectivity index (χ3v) is 4.32. The molecule has 5 nitrogen and oxygen atoms in total. The Labute approximate surface area is 129 Å². The first-order chi connectivity index (χ1) is 10.0. The summed E-state index contributed by atoms with van der Waals surface area (Å²) in [6.07, 6.45) is 0.938. The van der Waals surface area contributed by atoms with Crippen LogP contribution in [0.4, 0.5) is 10.5 Å². The second-order valence-corrected chi connectivity index (χ2v) is 5.96. The van der Waals surface area contributed by atoms with Gasteiger partial charge in [0.2, 0.25) is 0 Å². The molecular formula is C15H13BrN2O3. The van der Waals surface area contributed by atoms with Crippen LogP contribution in [-0.2, 0) is 4.79 Å². The fraction of sp³-hybridized carbons (Fsp3) is 0.200. The van der Waals surface area contributed by atoms with Gasteiger partial charge in [-0.3, -0.25) is 0 Å². The second kappa shape index (κ2) is 5.04. The van der Waals surface area contributed by atoms with Crippen molar-refractivity contribution < 1.29 is 14.7 Å². The van der Waals surface area contributed by atoms with Gasteiger partial charge < -0.3 is 15.7 Å². The number of carbonyl (C=O) groups is 2. The van der Waals surface area contributed by atoms with E-state index < -0.39 is 17.5 Å². The third kappa shape index (κ3) is 2.58. The van der Waals surface area contributed by atoms with Crippen LogP contribution in [0.25, 0.3) is 10.8 Å². The van der Waals surface area contributed by atoms with E-state index >= 15 is 0 Å². The molecule has 21 heavy (non-hydrogen) atoms. The molecule has 1 saturated carbocycles. The van der Waals surface area contributed by atoms with Crippen molar-refractivity contribution in [2.75, 3.05) is 5.32 Å². The number of benzene rings is 2. The summed E-state index contributed by atoms with van der Waals surface area (Å²) in [6, 6.07) is 10.8. The summed E-state index contributed by atoms with van der Waals surface area (Å²) < 4.78 is 0.938. The van der Waals surface area contributed by atoms with Crippen molar-refractivity contribution in [1.29, 1.82) is 0 Å². The van der Waals surface area contributed by atoms with Crippen LogP contribution in [0.5, 0.6) is 0 Å². The van der Waals surface area contributed by atoms with Crippen LogP contribution in [0.15, 0.2) is 40.9 Å². The monoisotopic (exact) mass is 348 g/mol. The van der Waals surface area contributed by atoms with Crippen LogP contribution in [-0.4, -0.2) is 22.6 Å². The number of halogens is 1. The molecule has 3 rings (SSSR count). The minimum atomic E-state index is -1.09. The van der Waals surface area contributed by atoms with Gasteiger partial charge in [0.15, 0.2) is 0 Å². The molecule has 2 amide bonds. The van der Waals surface area contributed by atoms with Crippen molar-refractivity contribution in [3.8, 4) is 0 Å². The number of carboxylic acids is 1. The zero-order valence-electron chi connectivity index (χ0n) is 11.0. The van der Waals surface area contributed by atoms with Gasteiger partial charge >= 0.3 is 12.0 Å². The summed E-state index contributed by atoms with van der Waals surface area (Å²) in [5, 5.41) is 16.2. The predicted molar refractivity (Wildman–Crippen MR) is 83.4 cm³/mol. The first-order valence-corrected chi connectivity index (χ1v) is 7.31. The number of hydrogen-bond donors (Lipinski definition) is 3. The Hall–Kier alpha value is -2.08. The molecule has 0 saturated heterocycles. The summed E-state index contributed by atoms with van der Waals surface area (Å²) >= 11 is 3.47. The van der Waals surface area contributed by atoms with E-state index in [4.69, 9.17) is 5.11 Å². The summed E-state index contributed by atoms with van der Waals surface area (Å²) in [4.78, 5) is 23.1. The van der Waals surface area contributed by atoms with Crippen molar-refractivity contribution in [3.05, 3.63) is 40.9 Å². The standard InChI is InChI=1S/C15H13BrN2O3/c16-11-5-6-12(10-4-2-1-3-9(10)11)17-14(21)18-15(7-8-15)13(19)20/h1-6H,7-8H2,(H,19,20)(H2,17,18,21). The highest BCUT2D eigenvalue weighted by molar-refractivity contribution is 9.10. The molecule has 0 spiro atoms. The number of aliphatic carboxylic acids is 1. The van der Waals surface area contributed by atoms with Gasteiger partial charge in [0.1, 0.15) is 5.54 Å². The average molecular weight is 349 g/mol. The first kappa shape index (κ1) is 13.9. The lowest BCUT2D eigenvalue weighted by molar-refractivity contribution is -0.140. The Balaban J connectivity index is 1.84. The van der Waals surface area contributed by atoms with E-state index in [2.05, 4.69) is 26.6 Å². The Kier molecular flexibility index (Phi) is 3.33. The molecule has 6 heteroatoms. The van der Waals surface area contributed by atoms with Crippen molar-refractivity contribution >= 4 is 44.4 Å². The normalized spacial score (nSPS) is 15.5. The molecule has 0 atom stereocenters. The van der Waals surface area contributed by atoms with Crippen molar-refractivity contribution in [2.45, 2.75) is 18.4 Å². The Morgan fingerprint density at radius 3 is 2.38 bits per heavy atom. The lowest BCUT2D eigenvalue weighted by atomic mass is 10.1.